The number of carbonyl (C=O) groups is 2. The molecule has 1 aromatic heterocycles. The van der Waals surface area contributed by atoms with Crippen LogP contribution in [-0.4, -0.2) is 22.9 Å². The van der Waals surface area contributed by atoms with Crippen molar-refractivity contribution in [3.8, 4) is 0 Å². The molecule has 4 nitrogen and oxygen atoms in total. The van der Waals surface area contributed by atoms with Gasteiger partial charge in [0.15, 0.2) is 6.29 Å². The predicted octanol–water partition coefficient (Wildman–Crippen LogP) is 3.45. The molecule has 21 heavy (non-hydrogen) atoms. The van der Waals surface area contributed by atoms with Gasteiger partial charge in [-0.2, -0.15) is 0 Å². The van der Waals surface area contributed by atoms with E-state index >= 15 is 0 Å². The lowest BCUT2D eigenvalue weighted by Crippen LogP contribution is -2.31. The van der Waals surface area contributed by atoms with Crippen molar-refractivity contribution in [1.82, 2.24) is 4.57 Å². The molecule has 0 spiro atoms. The van der Waals surface area contributed by atoms with Crippen LogP contribution in [0.4, 0.5) is 0 Å². The second-order valence-electron chi connectivity index (χ2n) is 7.01. The van der Waals surface area contributed by atoms with Gasteiger partial charge in [-0.05, 0) is 49.1 Å². The van der Waals surface area contributed by atoms with Crippen LogP contribution in [0.2, 0.25) is 0 Å². The Hall–Kier alpha value is -1.58. The lowest BCUT2D eigenvalue weighted by molar-refractivity contribution is -0.152. The van der Waals surface area contributed by atoms with Crippen molar-refractivity contribution < 1.29 is 14.3 Å². The molecule has 0 bridgehead atoms. The Balaban J connectivity index is 1.81. The van der Waals surface area contributed by atoms with E-state index in [1.54, 1.807) is 22.9 Å². The van der Waals surface area contributed by atoms with E-state index in [9.17, 15) is 9.59 Å². The van der Waals surface area contributed by atoms with Crippen LogP contribution < -0.4 is 0 Å². The molecule has 1 heterocycles. The lowest BCUT2D eigenvalue weighted by atomic mass is 9.72. The smallest absolute Gasteiger partial charge is 0.326 e. The molecule has 1 saturated carbocycles. The maximum atomic E-state index is 12.0. The van der Waals surface area contributed by atoms with Crippen molar-refractivity contribution in [1.29, 1.82) is 0 Å². The summed E-state index contributed by atoms with van der Waals surface area (Å²) in [5.74, 6) is 0.451. The monoisotopic (exact) mass is 291 g/mol. The summed E-state index contributed by atoms with van der Waals surface area (Å²) in [6, 6.07) is 3.44. The highest BCUT2D eigenvalue weighted by Crippen LogP contribution is 2.38. The summed E-state index contributed by atoms with van der Waals surface area (Å²) in [4.78, 5) is 22.8. The molecule has 1 fully saturated rings. The van der Waals surface area contributed by atoms with Crippen molar-refractivity contribution >= 4 is 12.3 Å². The van der Waals surface area contributed by atoms with Gasteiger partial charge in [0, 0.05) is 6.20 Å². The molecule has 1 aliphatic rings. The molecule has 0 aromatic carbocycles. The zero-order chi connectivity index (χ0) is 15.5. The van der Waals surface area contributed by atoms with E-state index in [-0.39, 0.29) is 18.6 Å². The maximum absolute atomic E-state index is 12.0. The van der Waals surface area contributed by atoms with Crippen LogP contribution in [-0.2, 0) is 16.1 Å². The molecule has 0 aliphatic heterocycles. The minimum absolute atomic E-state index is 0.0337. The van der Waals surface area contributed by atoms with E-state index in [1.807, 2.05) is 0 Å². The molecule has 0 amide bonds. The first-order valence-electron chi connectivity index (χ1n) is 7.70. The van der Waals surface area contributed by atoms with Crippen LogP contribution in [0.1, 0.15) is 56.9 Å². The van der Waals surface area contributed by atoms with Gasteiger partial charge in [0.1, 0.15) is 12.6 Å². The summed E-state index contributed by atoms with van der Waals surface area (Å²) in [5, 5.41) is 0. The first kappa shape index (κ1) is 15.8. The van der Waals surface area contributed by atoms with E-state index in [0.717, 1.165) is 32.0 Å². The molecule has 4 heteroatoms. The Morgan fingerprint density at radius 2 is 2.00 bits per heavy atom. The fraction of sp³-hybridized carbons (Fsp3) is 0.647. The number of rotatable bonds is 4. The average molecular weight is 291 g/mol. The largest absolute Gasteiger partial charge is 0.461 e. The number of aromatic nitrogens is 1. The molecular weight excluding hydrogens is 266 g/mol. The number of hydrogen-bond acceptors (Lipinski definition) is 3. The Kier molecular flexibility index (Phi) is 4.86. The van der Waals surface area contributed by atoms with Crippen molar-refractivity contribution in [2.75, 3.05) is 0 Å². The summed E-state index contributed by atoms with van der Waals surface area (Å²) in [6.07, 6.45) is 6.63. The molecule has 0 radical (unpaired) electrons. The van der Waals surface area contributed by atoms with Gasteiger partial charge in [0.05, 0.1) is 5.69 Å². The second kappa shape index (κ2) is 6.46. The molecule has 0 atom stereocenters. The maximum Gasteiger partial charge on any atom is 0.326 e. The summed E-state index contributed by atoms with van der Waals surface area (Å²) in [6.45, 7) is 6.94. The van der Waals surface area contributed by atoms with Gasteiger partial charge >= 0.3 is 5.97 Å². The predicted molar refractivity (Wildman–Crippen MR) is 81.1 cm³/mol. The van der Waals surface area contributed by atoms with Gasteiger partial charge in [-0.15, -0.1) is 0 Å². The van der Waals surface area contributed by atoms with Gasteiger partial charge < -0.3 is 9.30 Å². The Bertz CT molecular complexity index is 490. The quantitative estimate of drug-likeness (QED) is 0.630. The fourth-order valence-corrected chi connectivity index (χ4v) is 3.09. The van der Waals surface area contributed by atoms with E-state index in [4.69, 9.17) is 4.74 Å². The summed E-state index contributed by atoms with van der Waals surface area (Å²) < 4.78 is 7.17. The van der Waals surface area contributed by atoms with Crippen LogP contribution in [0, 0.1) is 11.3 Å². The zero-order valence-electron chi connectivity index (χ0n) is 13.2. The van der Waals surface area contributed by atoms with Gasteiger partial charge in [0.2, 0.25) is 0 Å². The summed E-state index contributed by atoms with van der Waals surface area (Å²) >= 11 is 0. The van der Waals surface area contributed by atoms with Crippen molar-refractivity contribution in [3.05, 3.63) is 24.0 Å². The second-order valence-corrected chi connectivity index (χ2v) is 7.01. The van der Waals surface area contributed by atoms with Crippen LogP contribution in [0.3, 0.4) is 0 Å². The highest BCUT2D eigenvalue weighted by atomic mass is 16.5. The number of nitrogens with zero attached hydrogens (tertiary/aromatic N) is 1. The van der Waals surface area contributed by atoms with E-state index in [2.05, 4.69) is 20.8 Å². The van der Waals surface area contributed by atoms with Gasteiger partial charge in [-0.3, -0.25) is 9.59 Å². The average Bonchev–Trinajstić information content (AvgIpc) is 2.85. The number of hydrogen-bond donors (Lipinski definition) is 0. The van der Waals surface area contributed by atoms with Crippen molar-refractivity contribution in [2.45, 2.75) is 59.1 Å². The SMILES string of the molecule is CC(C)(C)C1CCC(OC(=O)Cn2cccc2C=O)CC1. The molecule has 0 unspecified atom stereocenters. The third-order valence-corrected chi connectivity index (χ3v) is 4.48. The van der Waals surface area contributed by atoms with Crippen molar-refractivity contribution in [2.24, 2.45) is 11.3 Å². The van der Waals surface area contributed by atoms with Gasteiger partial charge in [-0.25, -0.2) is 0 Å². The fourth-order valence-electron chi connectivity index (χ4n) is 3.09. The number of aldehydes is 1. The zero-order valence-corrected chi connectivity index (χ0v) is 13.2. The highest BCUT2D eigenvalue weighted by molar-refractivity contribution is 5.75. The standard InChI is InChI=1S/C17H25NO3/c1-17(2,3)13-6-8-15(9-7-13)21-16(20)11-18-10-4-5-14(18)12-19/h4-5,10,12-13,15H,6-9,11H2,1-3H3. The minimum Gasteiger partial charge on any atom is -0.461 e. The Labute approximate surface area is 126 Å². The third kappa shape index (κ3) is 4.19. The highest BCUT2D eigenvalue weighted by Gasteiger charge is 2.31. The number of ether oxygens (including phenoxy) is 1. The number of carbonyl (C=O) groups excluding carboxylic acids is 2. The molecule has 2 rings (SSSR count). The van der Waals surface area contributed by atoms with Gasteiger partial charge in [0.25, 0.3) is 0 Å². The molecule has 1 aromatic rings. The number of esters is 1. The minimum atomic E-state index is -0.256. The van der Waals surface area contributed by atoms with Gasteiger partial charge in [-0.1, -0.05) is 20.8 Å². The molecule has 1 aliphatic carbocycles. The normalized spacial score (nSPS) is 22.8. The summed E-state index contributed by atoms with van der Waals surface area (Å²) in [5.41, 5.74) is 0.835. The topological polar surface area (TPSA) is 48.3 Å². The molecule has 116 valence electrons. The molecule has 0 saturated heterocycles. The van der Waals surface area contributed by atoms with Crippen LogP contribution in [0.15, 0.2) is 18.3 Å². The van der Waals surface area contributed by atoms with Crippen LogP contribution in [0.25, 0.3) is 0 Å². The molecule has 0 N–H and O–H groups in total. The first-order valence-corrected chi connectivity index (χ1v) is 7.70. The van der Waals surface area contributed by atoms with E-state index in [1.165, 1.54) is 0 Å². The van der Waals surface area contributed by atoms with Crippen LogP contribution >= 0.6 is 0 Å². The van der Waals surface area contributed by atoms with E-state index < -0.39 is 0 Å². The Morgan fingerprint density at radius 1 is 1.33 bits per heavy atom. The van der Waals surface area contributed by atoms with Crippen molar-refractivity contribution in [3.63, 3.8) is 0 Å². The third-order valence-electron chi connectivity index (χ3n) is 4.48. The lowest BCUT2D eigenvalue weighted by Gasteiger charge is -2.36. The molecular formula is C17H25NO3. The first-order chi connectivity index (χ1) is 9.90. The van der Waals surface area contributed by atoms with Crippen LogP contribution in [0.5, 0.6) is 0 Å². The van der Waals surface area contributed by atoms with E-state index in [0.29, 0.717) is 17.0 Å². The summed E-state index contributed by atoms with van der Waals surface area (Å²) in [7, 11) is 0. The Morgan fingerprint density at radius 3 is 2.57 bits per heavy atom.